The van der Waals surface area contributed by atoms with Crippen LogP contribution < -0.4 is 0 Å². The van der Waals surface area contributed by atoms with Gasteiger partial charge in [-0.2, -0.15) is 0 Å². The lowest BCUT2D eigenvalue weighted by Crippen LogP contribution is -1.79. The summed E-state index contributed by atoms with van der Waals surface area (Å²) in [5.41, 5.74) is 1.77. The molecule has 0 N–H and O–H groups in total. The Kier molecular flexibility index (Phi) is 2.46. The van der Waals surface area contributed by atoms with Crippen LogP contribution >= 0.6 is 38.9 Å². The maximum Gasteiger partial charge on any atom is 0.213 e. The molecular weight excluding hydrogens is 310 g/mol. The lowest BCUT2D eigenvalue weighted by Gasteiger charge is -1.97. The second-order valence-corrected chi connectivity index (χ2v) is 5.83. The van der Waals surface area contributed by atoms with Gasteiger partial charge in [0.25, 0.3) is 0 Å². The Morgan fingerprint density at radius 2 is 2.12 bits per heavy atom. The fourth-order valence-corrected chi connectivity index (χ4v) is 2.92. The molecule has 0 radical (unpaired) electrons. The summed E-state index contributed by atoms with van der Waals surface area (Å²) >= 11 is 10.9. The highest BCUT2D eigenvalue weighted by Crippen LogP contribution is 2.28. The van der Waals surface area contributed by atoms with Gasteiger partial charge in [0.05, 0.1) is 16.9 Å². The van der Waals surface area contributed by atoms with Gasteiger partial charge in [-0.25, -0.2) is 9.50 Å². The Balaban J connectivity index is 2.19. The minimum atomic E-state index is 0.701. The van der Waals surface area contributed by atoms with Crippen molar-refractivity contribution in [2.75, 3.05) is 0 Å². The first-order valence-corrected chi connectivity index (χ1v) is 6.49. The summed E-state index contributed by atoms with van der Waals surface area (Å²) in [5.74, 6) is 0. The van der Waals surface area contributed by atoms with E-state index in [9.17, 15) is 0 Å². The molecule has 2 aromatic heterocycles. The van der Waals surface area contributed by atoms with E-state index >= 15 is 0 Å². The van der Waals surface area contributed by atoms with E-state index in [-0.39, 0.29) is 0 Å². The molecule has 0 aliphatic heterocycles. The van der Waals surface area contributed by atoms with Crippen molar-refractivity contribution >= 4 is 43.8 Å². The fourth-order valence-electron chi connectivity index (χ4n) is 1.47. The number of aromatic nitrogens is 3. The third-order valence-corrected chi connectivity index (χ3v) is 3.85. The quantitative estimate of drug-likeness (QED) is 0.682. The molecule has 0 fully saturated rings. The lowest BCUT2D eigenvalue weighted by atomic mass is 10.2. The maximum atomic E-state index is 6.11. The molecule has 16 heavy (non-hydrogen) atoms. The molecule has 0 atom stereocenters. The van der Waals surface area contributed by atoms with Crippen LogP contribution in [0.5, 0.6) is 0 Å². The normalized spacial score (nSPS) is 11.1. The van der Waals surface area contributed by atoms with Crippen LogP contribution in [0.2, 0.25) is 5.02 Å². The van der Waals surface area contributed by atoms with Crippen molar-refractivity contribution in [3.05, 3.63) is 39.4 Å². The van der Waals surface area contributed by atoms with E-state index in [4.69, 9.17) is 11.6 Å². The molecule has 3 rings (SSSR count). The Labute approximate surface area is 109 Å². The number of benzene rings is 1. The van der Waals surface area contributed by atoms with Crippen LogP contribution in [-0.4, -0.2) is 14.6 Å². The van der Waals surface area contributed by atoms with Crippen LogP contribution in [0.1, 0.15) is 0 Å². The second-order valence-electron chi connectivity index (χ2n) is 3.19. The summed E-state index contributed by atoms with van der Waals surface area (Å²) in [6.45, 7) is 0. The first-order chi connectivity index (χ1) is 7.74. The number of nitrogens with zero attached hydrogens (tertiary/aromatic N) is 3. The van der Waals surface area contributed by atoms with Crippen molar-refractivity contribution in [2.45, 2.75) is 0 Å². The number of rotatable bonds is 1. The van der Waals surface area contributed by atoms with Crippen LogP contribution in [0.25, 0.3) is 16.2 Å². The molecular formula is C10H5BrClN3S. The SMILES string of the molecule is Clc1ccccc1-c1cn2nc(Br)sc2n1. The minimum absolute atomic E-state index is 0.701. The van der Waals surface area contributed by atoms with Gasteiger partial charge in [-0.1, -0.05) is 41.1 Å². The first kappa shape index (κ1) is 10.3. The molecule has 0 bridgehead atoms. The number of hydrogen-bond acceptors (Lipinski definition) is 3. The monoisotopic (exact) mass is 313 g/mol. The zero-order chi connectivity index (χ0) is 11.1. The fraction of sp³-hybridized carbons (Fsp3) is 0. The summed E-state index contributed by atoms with van der Waals surface area (Å²) in [6.07, 6.45) is 1.87. The number of hydrogen-bond donors (Lipinski definition) is 0. The van der Waals surface area contributed by atoms with Crippen molar-refractivity contribution in [3.63, 3.8) is 0 Å². The Morgan fingerprint density at radius 3 is 2.88 bits per heavy atom. The van der Waals surface area contributed by atoms with Gasteiger partial charge in [0.1, 0.15) is 0 Å². The summed E-state index contributed by atoms with van der Waals surface area (Å²) in [4.78, 5) is 5.32. The summed E-state index contributed by atoms with van der Waals surface area (Å²) in [7, 11) is 0. The zero-order valence-electron chi connectivity index (χ0n) is 7.89. The Morgan fingerprint density at radius 1 is 1.31 bits per heavy atom. The molecule has 0 aliphatic carbocycles. The van der Waals surface area contributed by atoms with E-state index < -0.39 is 0 Å². The van der Waals surface area contributed by atoms with Gasteiger partial charge in [0.15, 0.2) is 3.92 Å². The number of imidazole rings is 1. The molecule has 0 spiro atoms. The van der Waals surface area contributed by atoms with Gasteiger partial charge in [-0.3, -0.25) is 0 Å². The highest BCUT2D eigenvalue weighted by molar-refractivity contribution is 9.11. The molecule has 80 valence electrons. The van der Waals surface area contributed by atoms with Gasteiger partial charge in [-0.05, 0) is 22.0 Å². The van der Waals surface area contributed by atoms with Gasteiger partial charge in [-0.15, -0.1) is 5.10 Å². The van der Waals surface area contributed by atoms with Crippen LogP contribution in [-0.2, 0) is 0 Å². The molecule has 6 heteroatoms. The van der Waals surface area contributed by atoms with Gasteiger partial charge < -0.3 is 0 Å². The van der Waals surface area contributed by atoms with Crippen molar-refractivity contribution in [1.82, 2.24) is 14.6 Å². The van der Waals surface area contributed by atoms with E-state index in [1.54, 1.807) is 4.52 Å². The molecule has 0 aliphatic rings. The molecule has 3 aromatic rings. The predicted molar refractivity (Wildman–Crippen MR) is 69.0 cm³/mol. The van der Waals surface area contributed by atoms with E-state index in [0.717, 1.165) is 20.1 Å². The summed E-state index contributed by atoms with van der Waals surface area (Å²) in [5, 5.41) is 4.94. The third kappa shape index (κ3) is 1.65. The second kappa shape index (κ2) is 3.84. The molecule has 1 aromatic carbocycles. The van der Waals surface area contributed by atoms with E-state index in [2.05, 4.69) is 26.0 Å². The van der Waals surface area contributed by atoms with Crippen molar-refractivity contribution in [2.24, 2.45) is 0 Å². The van der Waals surface area contributed by atoms with Gasteiger partial charge in [0.2, 0.25) is 4.96 Å². The standard InChI is InChI=1S/C10H5BrClN3S/c11-9-14-15-5-8(13-10(15)16-9)6-3-1-2-4-7(6)12/h1-5H. The summed E-state index contributed by atoms with van der Waals surface area (Å²) in [6, 6.07) is 7.65. The average molecular weight is 315 g/mol. The minimum Gasteiger partial charge on any atom is -0.217 e. The summed E-state index contributed by atoms with van der Waals surface area (Å²) < 4.78 is 2.56. The van der Waals surface area contributed by atoms with E-state index in [1.165, 1.54) is 11.3 Å². The van der Waals surface area contributed by atoms with Crippen LogP contribution in [0.4, 0.5) is 0 Å². The molecule has 2 heterocycles. The van der Waals surface area contributed by atoms with Crippen LogP contribution in [0.15, 0.2) is 34.4 Å². The molecule has 0 saturated carbocycles. The Hall–Kier alpha value is -0.910. The van der Waals surface area contributed by atoms with Gasteiger partial charge in [0, 0.05) is 5.56 Å². The van der Waals surface area contributed by atoms with Crippen molar-refractivity contribution in [3.8, 4) is 11.3 Å². The molecule has 0 saturated heterocycles. The molecule has 3 nitrogen and oxygen atoms in total. The lowest BCUT2D eigenvalue weighted by molar-refractivity contribution is 0.959. The average Bonchev–Trinajstić information content (AvgIpc) is 2.75. The van der Waals surface area contributed by atoms with Crippen LogP contribution in [0, 0.1) is 0 Å². The number of halogens is 2. The first-order valence-electron chi connectivity index (χ1n) is 4.50. The Bertz CT molecular complexity index is 629. The van der Waals surface area contributed by atoms with Crippen LogP contribution in [0.3, 0.4) is 0 Å². The topological polar surface area (TPSA) is 30.2 Å². The predicted octanol–water partition coefficient (Wildman–Crippen LogP) is 3.87. The van der Waals surface area contributed by atoms with E-state index in [0.29, 0.717) is 5.02 Å². The maximum absolute atomic E-state index is 6.11. The largest absolute Gasteiger partial charge is 0.217 e. The van der Waals surface area contributed by atoms with Crippen molar-refractivity contribution < 1.29 is 0 Å². The highest BCUT2D eigenvalue weighted by Gasteiger charge is 2.10. The number of fused-ring (bicyclic) bond motifs is 1. The third-order valence-electron chi connectivity index (χ3n) is 2.17. The van der Waals surface area contributed by atoms with Gasteiger partial charge >= 0.3 is 0 Å². The highest BCUT2D eigenvalue weighted by atomic mass is 79.9. The molecule has 0 unspecified atom stereocenters. The zero-order valence-corrected chi connectivity index (χ0v) is 11.1. The van der Waals surface area contributed by atoms with Crippen molar-refractivity contribution in [1.29, 1.82) is 0 Å². The smallest absolute Gasteiger partial charge is 0.213 e. The molecule has 0 amide bonds. The van der Waals surface area contributed by atoms with E-state index in [1.807, 2.05) is 30.5 Å².